The summed E-state index contributed by atoms with van der Waals surface area (Å²) in [5.74, 6) is 3.78. The van der Waals surface area contributed by atoms with Gasteiger partial charge in [-0.05, 0) is 259 Å². The zero-order chi connectivity index (χ0) is 49.1. The fourth-order valence-corrected chi connectivity index (χ4v) is 52.5. The highest BCUT2D eigenvalue weighted by Crippen LogP contribution is 2.50. The first-order chi connectivity index (χ1) is 34.5. The number of ether oxygens (including phenoxy) is 6. The van der Waals surface area contributed by atoms with Crippen LogP contribution >= 0.6 is 0 Å². The van der Waals surface area contributed by atoms with Gasteiger partial charge in [0.25, 0.3) is 0 Å². The first-order valence-electron chi connectivity index (χ1n) is 30.6. The molecule has 0 N–H and O–H groups in total. The van der Waals surface area contributed by atoms with E-state index in [-0.39, 0.29) is 0 Å². The van der Waals surface area contributed by atoms with Crippen LogP contribution in [0.4, 0.5) is 0 Å². The molecule has 14 aliphatic rings. The molecule has 6 aliphatic carbocycles. The third-order valence-corrected chi connectivity index (χ3v) is 49.3. The highest BCUT2D eigenvalue weighted by molar-refractivity contribution is 6.94. The molecule has 22 unspecified atom stereocenters. The lowest BCUT2D eigenvalue weighted by Crippen LogP contribution is -2.67. The molecule has 22 atom stereocenters. The summed E-state index contributed by atoms with van der Waals surface area (Å²) in [5.41, 5.74) is 0. The van der Waals surface area contributed by atoms with Gasteiger partial charge in [0.05, 0.1) is 73.2 Å². The van der Waals surface area contributed by atoms with E-state index < -0.39 is 51.4 Å². The molecule has 0 aromatic heterocycles. The van der Waals surface area contributed by atoms with Crippen molar-refractivity contribution in [1.82, 2.24) is 0 Å². The van der Waals surface area contributed by atoms with Crippen molar-refractivity contribution in [2.24, 2.45) is 35.5 Å². The number of hydrogen-bond acceptors (Lipinski definition) is 12. The average molecular weight is 1110 g/mol. The van der Waals surface area contributed by atoms with Gasteiger partial charge in [-0.2, -0.15) is 0 Å². The second-order valence-corrected chi connectivity index (χ2v) is 49.5. The predicted octanol–water partition coefficient (Wildman–Crippen LogP) is 12.3. The van der Waals surface area contributed by atoms with E-state index in [0.717, 1.165) is 74.8 Å². The van der Waals surface area contributed by atoms with Crippen LogP contribution in [0.1, 0.15) is 154 Å². The van der Waals surface area contributed by atoms with Gasteiger partial charge in [-0.3, -0.25) is 0 Å². The number of rotatable bonds is 18. The van der Waals surface area contributed by atoms with E-state index in [4.69, 9.17) is 53.1 Å². The predicted molar refractivity (Wildman–Crippen MR) is 289 cm³/mol. The highest BCUT2D eigenvalue weighted by Gasteiger charge is 2.60. The maximum absolute atomic E-state index is 8.26. The van der Waals surface area contributed by atoms with Crippen LogP contribution in [0.15, 0.2) is 0 Å². The van der Waals surface area contributed by atoms with Crippen molar-refractivity contribution in [3.63, 3.8) is 0 Å². The zero-order valence-corrected chi connectivity index (χ0v) is 51.5. The smallest absolute Gasteiger partial charge is 0.317 e. The first kappa shape index (κ1) is 52.2. The number of epoxide rings is 5. The minimum atomic E-state index is -3.01. The molecular formula is C54H96O12Si6. The standard InChI is InChI=1S/C54H96O12Si6/c1-67(25-19-37-7-14-44-50(31-37)56-44)61-68(2,26-20-38-8-15-45-51(32-38)57-45)63-70(4,28-22-40-10-17-47-53(34-40)59-47)65-72(6,30-24-42-12-13-43-36-49(42)55-43)66-71(5,29-23-41-11-18-48-54(35-41)60-48)64-69(3,62-67)27-21-39-9-16-46-52(33-39)58-46/h37-54H,7-36H2,1-6H3. The molecule has 0 amide bonds. The molecule has 14 rings (SSSR count). The maximum atomic E-state index is 8.26. The Morgan fingerprint density at radius 3 is 0.722 bits per heavy atom. The van der Waals surface area contributed by atoms with Gasteiger partial charge in [-0.1, -0.05) is 0 Å². The van der Waals surface area contributed by atoms with Crippen molar-refractivity contribution >= 4 is 51.4 Å². The van der Waals surface area contributed by atoms with Crippen LogP contribution in [0.2, 0.25) is 75.5 Å². The van der Waals surface area contributed by atoms with E-state index in [1.165, 1.54) is 116 Å². The van der Waals surface area contributed by atoms with Crippen molar-refractivity contribution in [1.29, 1.82) is 0 Å². The third kappa shape index (κ3) is 12.7. The van der Waals surface area contributed by atoms with Crippen LogP contribution < -0.4 is 0 Å². The molecule has 8 saturated heterocycles. The molecule has 8 aliphatic heterocycles. The Hall–Kier alpha value is 0.821. The van der Waals surface area contributed by atoms with Crippen molar-refractivity contribution < 1.29 is 53.1 Å². The molecule has 72 heavy (non-hydrogen) atoms. The van der Waals surface area contributed by atoms with Gasteiger partial charge in [-0.15, -0.1) is 0 Å². The van der Waals surface area contributed by atoms with Crippen LogP contribution in [0, 0.1) is 35.5 Å². The first-order valence-corrected chi connectivity index (χ1v) is 45.8. The summed E-state index contributed by atoms with van der Waals surface area (Å²) in [6.45, 7) is 14.8. The second kappa shape index (κ2) is 20.4. The zero-order valence-electron chi connectivity index (χ0n) is 45.5. The van der Waals surface area contributed by atoms with Crippen molar-refractivity contribution in [3.8, 4) is 0 Å². The molecule has 0 aromatic carbocycles. The largest absolute Gasteiger partial charge is 0.416 e. The van der Waals surface area contributed by atoms with Crippen LogP contribution in [-0.2, 0) is 53.1 Å². The monoisotopic (exact) mass is 1100 g/mol. The summed E-state index contributed by atoms with van der Waals surface area (Å²) < 4.78 is 86.6. The van der Waals surface area contributed by atoms with Crippen LogP contribution in [-0.4, -0.2) is 125 Å². The summed E-state index contributed by atoms with van der Waals surface area (Å²) in [4.78, 5) is 0. The van der Waals surface area contributed by atoms with E-state index in [1.807, 2.05) is 0 Å². The molecule has 0 radical (unpaired) electrons. The Kier molecular flexibility index (Phi) is 14.8. The Morgan fingerprint density at radius 2 is 0.500 bits per heavy atom. The normalized spacial score (nSPS) is 55.2. The Bertz CT molecular complexity index is 1830. The molecule has 8 heterocycles. The Morgan fingerprint density at radius 1 is 0.250 bits per heavy atom. The fraction of sp³-hybridized carbons (Fsp3) is 1.00. The van der Waals surface area contributed by atoms with Gasteiger partial charge < -0.3 is 53.1 Å². The van der Waals surface area contributed by atoms with Crippen LogP contribution in [0.25, 0.3) is 0 Å². The molecule has 408 valence electrons. The van der Waals surface area contributed by atoms with Crippen molar-refractivity contribution in [2.75, 3.05) is 0 Å². The highest BCUT2D eigenvalue weighted by atomic mass is 28.5. The molecule has 18 heteroatoms. The number of fused-ring (bicyclic) bond motifs is 7. The molecule has 0 aromatic rings. The lowest BCUT2D eigenvalue weighted by molar-refractivity contribution is -0.185. The molecular weight excluding hydrogens is 1010 g/mol. The minimum absolute atomic E-state index is 0.391. The van der Waals surface area contributed by atoms with Crippen molar-refractivity contribution in [3.05, 3.63) is 0 Å². The quantitative estimate of drug-likeness (QED) is 0.0957. The summed E-state index contributed by atoms with van der Waals surface area (Å²) in [6.07, 6.45) is 34.2. The second-order valence-electron chi connectivity index (χ2n) is 28.0. The third-order valence-electron chi connectivity index (χ3n) is 21.4. The number of hydrogen-bond donors (Lipinski definition) is 0. The SMILES string of the molecule is C[Si]1(CCC2CCC3OC3C2)O[Si](C)(CCC2CCC3OC3C2)O[Si](C)(CCC2CCC3OC3C2)O[Si](C)(CCC2CCC3CC2O3)O[Si](C)(CCC2CCC3OC3C2)O[Si](C)(CCC2CCC3OC3C2)O1. The van der Waals surface area contributed by atoms with Crippen LogP contribution in [0.3, 0.4) is 0 Å². The van der Waals surface area contributed by atoms with E-state index in [0.29, 0.717) is 109 Å². The summed E-state index contributed by atoms with van der Waals surface area (Å²) in [5, 5.41) is 0. The van der Waals surface area contributed by atoms with Gasteiger partial charge >= 0.3 is 51.4 Å². The fourth-order valence-electron chi connectivity index (χ4n) is 16.9. The van der Waals surface area contributed by atoms with Gasteiger partial charge in [0, 0.05) is 6.42 Å². The lowest BCUT2D eigenvalue weighted by Gasteiger charge is -2.51. The molecule has 2 bridgehead atoms. The maximum Gasteiger partial charge on any atom is 0.317 e. The summed E-state index contributed by atoms with van der Waals surface area (Å²) in [7, 11) is -18.0. The molecule has 14 fully saturated rings. The average Bonchev–Trinajstić information content (AvgIpc) is 4.09. The van der Waals surface area contributed by atoms with E-state index >= 15 is 0 Å². The topological polar surface area (TPSA) is 127 Å². The van der Waals surface area contributed by atoms with E-state index in [2.05, 4.69) is 39.3 Å². The summed E-state index contributed by atoms with van der Waals surface area (Å²) in [6, 6.07) is 5.81. The van der Waals surface area contributed by atoms with Gasteiger partial charge in [0.2, 0.25) is 0 Å². The van der Waals surface area contributed by atoms with Gasteiger partial charge in [0.15, 0.2) is 0 Å². The van der Waals surface area contributed by atoms with Gasteiger partial charge in [-0.25, -0.2) is 0 Å². The Labute approximate surface area is 440 Å². The van der Waals surface area contributed by atoms with E-state index in [1.54, 1.807) is 0 Å². The van der Waals surface area contributed by atoms with Gasteiger partial charge in [0.1, 0.15) is 0 Å². The minimum Gasteiger partial charge on any atom is -0.416 e. The molecule has 0 spiro atoms. The lowest BCUT2D eigenvalue weighted by atomic mass is 9.79. The summed E-state index contributed by atoms with van der Waals surface area (Å²) >= 11 is 0. The molecule has 6 saturated carbocycles. The molecule has 12 nitrogen and oxygen atoms in total. The Balaban J connectivity index is 0.854. The van der Waals surface area contributed by atoms with Crippen LogP contribution in [0.5, 0.6) is 0 Å². The van der Waals surface area contributed by atoms with Crippen molar-refractivity contribution in [2.45, 2.75) is 303 Å². The van der Waals surface area contributed by atoms with E-state index in [9.17, 15) is 0 Å².